The summed E-state index contributed by atoms with van der Waals surface area (Å²) >= 11 is 1.29. The fraction of sp³-hybridized carbons (Fsp3) is 0.462. The van der Waals surface area contributed by atoms with Gasteiger partial charge >= 0.3 is 0 Å². The molecular formula is C13H20N4O2S2. The molecule has 0 aliphatic rings. The second-order valence-corrected chi connectivity index (χ2v) is 8.23. The molecule has 6 nitrogen and oxygen atoms in total. The number of rotatable bonds is 6. The molecule has 116 valence electrons. The van der Waals surface area contributed by atoms with Crippen molar-refractivity contribution >= 4 is 27.2 Å². The Balaban J connectivity index is 2.18. The van der Waals surface area contributed by atoms with Crippen LogP contribution in [0.15, 0.2) is 22.5 Å². The molecule has 0 bridgehead atoms. The summed E-state index contributed by atoms with van der Waals surface area (Å²) in [5.74, 6) is 0.324. The lowest BCUT2D eigenvalue weighted by Gasteiger charge is -2.06. The number of nitrogens with one attached hydrogen (secondary N) is 2. The van der Waals surface area contributed by atoms with Crippen LogP contribution in [0.3, 0.4) is 0 Å². The van der Waals surface area contributed by atoms with E-state index in [0.717, 1.165) is 10.4 Å². The van der Waals surface area contributed by atoms with Crippen molar-refractivity contribution in [2.75, 3.05) is 4.72 Å². The normalized spacial score (nSPS) is 12.0. The van der Waals surface area contributed by atoms with E-state index in [4.69, 9.17) is 0 Å². The summed E-state index contributed by atoms with van der Waals surface area (Å²) in [7, 11) is -1.84. The number of thiophene rings is 1. The molecule has 2 aromatic heterocycles. The predicted octanol–water partition coefficient (Wildman–Crippen LogP) is 2.09. The average Bonchev–Trinajstić information content (AvgIpc) is 2.93. The van der Waals surface area contributed by atoms with Crippen LogP contribution >= 0.6 is 11.3 Å². The van der Waals surface area contributed by atoms with Crippen LogP contribution in [0.4, 0.5) is 5.82 Å². The Morgan fingerprint density at radius 3 is 2.71 bits per heavy atom. The molecule has 0 atom stereocenters. The van der Waals surface area contributed by atoms with Gasteiger partial charge in [0.2, 0.25) is 0 Å². The van der Waals surface area contributed by atoms with E-state index in [2.05, 4.69) is 29.0 Å². The van der Waals surface area contributed by atoms with Gasteiger partial charge in [0.25, 0.3) is 10.0 Å². The summed E-state index contributed by atoms with van der Waals surface area (Å²) < 4.78 is 29.0. The second kappa shape index (κ2) is 6.17. The maximum absolute atomic E-state index is 12.3. The first-order valence-electron chi connectivity index (χ1n) is 6.63. The second-order valence-electron chi connectivity index (χ2n) is 5.19. The molecule has 0 spiro atoms. The lowest BCUT2D eigenvalue weighted by atomic mass is 10.3. The van der Waals surface area contributed by atoms with Gasteiger partial charge in [0.1, 0.15) is 4.21 Å². The van der Waals surface area contributed by atoms with Crippen LogP contribution in [0.2, 0.25) is 0 Å². The predicted molar refractivity (Wildman–Crippen MR) is 85.0 cm³/mol. The van der Waals surface area contributed by atoms with Crippen LogP contribution in [-0.4, -0.2) is 24.2 Å². The summed E-state index contributed by atoms with van der Waals surface area (Å²) in [6, 6.07) is 3.69. The van der Waals surface area contributed by atoms with E-state index in [9.17, 15) is 8.42 Å². The molecule has 2 aromatic rings. The number of aryl methyl sites for hydroxylation is 2. The van der Waals surface area contributed by atoms with Crippen molar-refractivity contribution in [3.05, 3.63) is 28.8 Å². The van der Waals surface area contributed by atoms with Gasteiger partial charge in [-0.1, -0.05) is 13.8 Å². The van der Waals surface area contributed by atoms with Crippen LogP contribution < -0.4 is 10.0 Å². The lowest BCUT2D eigenvalue weighted by Crippen LogP contribution is -2.21. The Hall–Kier alpha value is -1.38. The minimum atomic E-state index is -3.58. The Bertz CT molecular complexity index is 716. The largest absolute Gasteiger partial charge is 0.310 e. The molecule has 0 unspecified atom stereocenters. The zero-order chi connectivity index (χ0) is 15.6. The minimum Gasteiger partial charge on any atom is -0.310 e. The standard InChI is InChI=1S/C13H20N4O2S2/c1-9(2)14-8-11-10(3)7-13(20-11)21(18,19)16-12-5-6-17(4)15-12/h5-7,9,14H,8H2,1-4H3,(H,15,16). The highest BCUT2D eigenvalue weighted by Gasteiger charge is 2.20. The SMILES string of the molecule is Cc1cc(S(=O)(=O)Nc2ccn(C)n2)sc1CNC(C)C. The van der Waals surface area contributed by atoms with E-state index in [1.165, 1.54) is 11.3 Å². The number of nitrogens with zero attached hydrogens (tertiary/aromatic N) is 2. The Kier molecular flexibility index (Phi) is 4.70. The number of anilines is 1. The fourth-order valence-corrected chi connectivity index (χ4v) is 4.29. The molecule has 0 aliphatic heterocycles. The topological polar surface area (TPSA) is 76.0 Å². The Labute approximate surface area is 129 Å². The number of aromatic nitrogens is 2. The molecule has 0 saturated heterocycles. The highest BCUT2D eigenvalue weighted by atomic mass is 32.2. The van der Waals surface area contributed by atoms with Gasteiger partial charge in [-0.15, -0.1) is 11.3 Å². The Morgan fingerprint density at radius 1 is 1.43 bits per heavy atom. The van der Waals surface area contributed by atoms with Crippen molar-refractivity contribution in [2.24, 2.45) is 7.05 Å². The molecule has 0 saturated carbocycles. The number of hydrogen-bond donors (Lipinski definition) is 2. The van der Waals surface area contributed by atoms with E-state index < -0.39 is 10.0 Å². The molecule has 0 aromatic carbocycles. The Morgan fingerprint density at radius 2 is 2.14 bits per heavy atom. The average molecular weight is 328 g/mol. The highest BCUT2D eigenvalue weighted by Crippen LogP contribution is 2.27. The first-order valence-corrected chi connectivity index (χ1v) is 8.93. The molecule has 8 heteroatoms. The number of sulfonamides is 1. The van der Waals surface area contributed by atoms with Crippen molar-refractivity contribution in [3.8, 4) is 0 Å². The summed E-state index contributed by atoms with van der Waals surface area (Å²) in [5.41, 5.74) is 0.981. The molecular weight excluding hydrogens is 308 g/mol. The van der Waals surface area contributed by atoms with E-state index in [0.29, 0.717) is 22.6 Å². The molecule has 0 amide bonds. The van der Waals surface area contributed by atoms with Crippen LogP contribution in [-0.2, 0) is 23.6 Å². The third kappa shape index (κ3) is 4.05. The first-order chi connectivity index (χ1) is 9.78. The monoisotopic (exact) mass is 328 g/mol. The van der Waals surface area contributed by atoms with Gasteiger partial charge in [-0.3, -0.25) is 9.40 Å². The van der Waals surface area contributed by atoms with Crippen LogP contribution in [0.1, 0.15) is 24.3 Å². The number of hydrogen-bond acceptors (Lipinski definition) is 5. The first kappa shape index (κ1) is 16.0. The van der Waals surface area contributed by atoms with Crippen molar-refractivity contribution in [1.82, 2.24) is 15.1 Å². The fourth-order valence-electron chi connectivity index (χ4n) is 1.75. The quantitative estimate of drug-likeness (QED) is 0.851. The third-order valence-corrected chi connectivity index (χ3v) is 5.95. The van der Waals surface area contributed by atoms with E-state index >= 15 is 0 Å². The van der Waals surface area contributed by atoms with Gasteiger partial charge in [0.15, 0.2) is 5.82 Å². The van der Waals surface area contributed by atoms with E-state index in [1.54, 1.807) is 30.1 Å². The van der Waals surface area contributed by atoms with Crippen LogP contribution in [0.25, 0.3) is 0 Å². The maximum Gasteiger partial charge on any atom is 0.272 e. The van der Waals surface area contributed by atoms with Gasteiger partial charge in [-0.2, -0.15) is 5.10 Å². The van der Waals surface area contributed by atoms with Gasteiger partial charge < -0.3 is 5.32 Å². The summed E-state index contributed by atoms with van der Waals surface area (Å²) in [5, 5.41) is 7.33. The molecule has 21 heavy (non-hydrogen) atoms. The zero-order valence-corrected chi connectivity index (χ0v) is 14.2. The van der Waals surface area contributed by atoms with E-state index in [-0.39, 0.29) is 0 Å². The smallest absolute Gasteiger partial charge is 0.272 e. The lowest BCUT2D eigenvalue weighted by molar-refractivity contribution is 0.592. The molecule has 2 rings (SSSR count). The molecule has 2 heterocycles. The molecule has 0 fully saturated rings. The van der Waals surface area contributed by atoms with Gasteiger partial charge in [-0.05, 0) is 18.6 Å². The summed E-state index contributed by atoms with van der Waals surface area (Å²) in [4.78, 5) is 1.03. The van der Waals surface area contributed by atoms with Crippen LogP contribution in [0, 0.1) is 6.92 Å². The van der Waals surface area contributed by atoms with Crippen LogP contribution in [0.5, 0.6) is 0 Å². The van der Waals surface area contributed by atoms with Gasteiger partial charge in [0, 0.05) is 36.8 Å². The minimum absolute atomic E-state index is 0.311. The molecule has 0 radical (unpaired) electrons. The summed E-state index contributed by atoms with van der Waals surface area (Å²) in [6.45, 7) is 6.72. The third-order valence-electron chi connectivity index (χ3n) is 2.89. The molecule has 2 N–H and O–H groups in total. The van der Waals surface area contributed by atoms with Crippen molar-refractivity contribution in [3.63, 3.8) is 0 Å². The van der Waals surface area contributed by atoms with Gasteiger partial charge in [-0.25, -0.2) is 8.42 Å². The van der Waals surface area contributed by atoms with Gasteiger partial charge in [0.05, 0.1) is 0 Å². The molecule has 0 aliphatic carbocycles. The highest BCUT2D eigenvalue weighted by molar-refractivity contribution is 7.94. The summed E-state index contributed by atoms with van der Waals surface area (Å²) in [6.07, 6.45) is 1.69. The van der Waals surface area contributed by atoms with Crippen molar-refractivity contribution in [2.45, 2.75) is 37.6 Å². The van der Waals surface area contributed by atoms with Crippen molar-refractivity contribution in [1.29, 1.82) is 0 Å². The maximum atomic E-state index is 12.3. The van der Waals surface area contributed by atoms with Crippen molar-refractivity contribution < 1.29 is 8.42 Å². The van der Waals surface area contributed by atoms with E-state index in [1.807, 2.05) is 6.92 Å². The zero-order valence-electron chi connectivity index (χ0n) is 12.5.